The van der Waals surface area contributed by atoms with Crippen molar-refractivity contribution in [2.45, 2.75) is 19.9 Å². The van der Waals surface area contributed by atoms with Gasteiger partial charge in [0.25, 0.3) is 5.56 Å². The van der Waals surface area contributed by atoms with Crippen molar-refractivity contribution < 1.29 is 4.79 Å². The lowest BCUT2D eigenvalue weighted by molar-refractivity contribution is -0.120. The maximum atomic E-state index is 11.7. The normalized spacial score (nSPS) is 10.4. The molecule has 0 fully saturated rings. The van der Waals surface area contributed by atoms with Gasteiger partial charge in [-0.05, 0) is 18.4 Å². The zero-order valence-corrected chi connectivity index (χ0v) is 11.1. The lowest BCUT2D eigenvalue weighted by Gasteiger charge is -2.05. The van der Waals surface area contributed by atoms with Gasteiger partial charge in [-0.2, -0.15) is 0 Å². The second-order valence-corrected chi connectivity index (χ2v) is 5.08. The fraction of sp³-hybridized carbons (Fsp3) is 0.250. The molecular weight excluding hydrogens is 266 g/mol. The van der Waals surface area contributed by atoms with Crippen molar-refractivity contribution in [2.24, 2.45) is 0 Å². The number of rotatable bonds is 4. The summed E-state index contributed by atoms with van der Waals surface area (Å²) in [6.45, 7) is 2.04. The van der Waals surface area contributed by atoms with Crippen molar-refractivity contribution in [3.8, 4) is 0 Å². The van der Waals surface area contributed by atoms with Crippen molar-refractivity contribution in [2.75, 3.05) is 0 Å². The van der Waals surface area contributed by atoms with Crippen molar-refractivity contribution in [3.05, 3.63) is 54.5 Å². The first-order valence-corrected chi connectivity index (χ1v) is 6.55. The summed E-state index contributed by atoms with van der Waals surface area (Å²) in [5.74, 6) is -0.256. The number of carbonyl (C=O) groups excluding carboxylic acids is 1. The number of hydrogen-bond acceptors (Lipinski definition) is 4. The maximum absolute atomic E-state index is 11.7. The number of H-pyrrole nitrogens is 2. The fourth-order valence-electron chi connectivity index (χ4n) is 1.66. The molecule has 2 rings (SSSR count). The van der Waals surface area contributed by atoms with E-state index in [1.165, 1.54) is 0 Å². The van der Waals surface area contributed by atoms with E-state index in [2.05, 4.69) is 15.3 Å². The summed E-state index contributed by atoms with van der Waals surface area (Å²) >= 11 is 1.55. The summed E-state index contributed by atoms with van der Waals surface area (Å²) in [7, 11) is 0. The highest BCUT2D eigenvalue weighted by Crippen LogP contribution is 2.07. The van der Waals surface area contributed by atoms with E-state index in [1.807, 2.05) is 17.5 Å². The van der Waals surface area contributed by atoms with Crippen molar-refractivity contribution in [1.82, 2.24) is 15.3 Å². The molecular formula is C12H13N3O3S. The van der Waals surface area contributed by atoms with E-state index in [1.54, 1.807) is 18.3 Å². The van der Waals surface area contributed by atoms with Gasteiger partial charge < -0.3 is 10.3 Å². The molecule has 0 aliphatic carbocycles. The predicted octanol–water partition coefficient (Wildman–Crippen LogP) is 0.292. The minimum Gasteiger partial charge on any atom is -0.351 e. The predicted molar refractivity (Wildman–Crippen MR) is 72.3 cm³/mol. The van der Waals surface area contributed by atoms with E-state index < -0.39 is 11.2 Å². The maximum Gasteiger partial charge on any atom is 0.325 e. The molecule has 0 atom stereocenters. The van der Waals surface area contributed by atoms with Gasteiger partial charge >= 0.3 is 5.69 Å². The van der Waals surface area contributed by atoms with Crippen LogP contribution in [0.5, 0.6) is 0 Å². The van der Waals surface area contributed by atoms with Crippen LogP contribution in [-0.4, -0.2) is 15.9 Å². The lowest BCUT2D eigenvalue weighted by atomic mass is 10.1. The molecule has 0 aromatic carbocycles. The molecule has 2 aromatic rings. The van der Waals surface area contributed by atoms with Crippen LogP contribution in [-0.2, 0) is 17.8 Å². The Balaban J connectivity index is 2.03. The molecule has 0 saturated carbocycles. The van der Waals surface area contributed by atoms with E-state index in [4.69, 9.17) is 0 Å². The zero-order valence-electron chi connectivity index (χ0n) is 10.3. The van der Waals surface area contributed by atoms with Gasteiger partial charge in [-0.1, -0.05) is 6.07 Å². The first-order valence-electron chi connectivity index (χ1n) is 5.67. The van der Waals surface area contributed by atoms with Crippen LogP contribution in [0.25, 0.3) is 0 Å². The van der Waals surface area contributed by atoms with Gasteiger partial charge in [-0.3, -0.25) is 14.6 Å². The van der Waals surface area contributed by atoms with Crippen LogP contribution in [0.15, 0.2) is 27.1 Å². The van der Waals surface area contributed by atoms with Crippen LogP contribution in [0.3, 0.4) is 0 Å². The highest BCUT2D eigenvalue weighted by molar-refractivity contribution is 7.09. The Morgan fingerprint density at radius 1 is 1.37 bits per heavy atom. The average Bonchev–Trinajstić information content (AvgIpc) is 2.84. The Kier molecular flexibility index (Phi) is 3.96. The Bertz CT molecular complexity index is 685. The molecule has 1 amide bonds. The second-order valence-electron chi connectivity index (χ2n) is 4.04. The molecule has 0 aliphatic heterocycles. The van der Waals surface area contributed by atoms with Gasteiger partial charge in [-0.25, -0.2) is 4.79 Å². The van der Waals surface area contributed by atoms with E-state index in [9.17, 15) is 14.4 Å². The summed E-state index contributed by atoms with van der Waals surface area (Å²) in [5, 5.41) is 4.66. The van der Waals surface area contributed by atoms with Gasteiger partial charge in [0.05, 0.1) is 13.0 Å². The molecule has 6 nitrogen and oxygen atoms in total. The largest absolute Gasteiger partial charge is 0.351 e. The van der Waals surface area contributed by atoms with Gasteiger partial charge in [0.1, 0.15) is 0 Å². The monoisotopic (exact) mass is 279 g/mol. The number of nitrogens with one attached hydrogen (secondary N) is 3. The fourth-order valence-corrected chi connectivity index (χ4v) is 2.31. The topological polar surface area (TPSA) is 94.8 Å². The lowest BCUT2D eigenvalue weighted by Crippen LogP contribution is -2.32. The Hall–Kier alpha value is -2.15. The Morgan fingerprint density at radius 3 is 2.79 bits per heavy atom. The van der Waals surface area contributed by atoms with Gasteiger partial charge in [0.2, 0.25) is 5.91 Å². The smallest absolute Gasteiger partial charge is 0.325 e. The summed E-state index contributed by atoms with van der Waals surface area (Å²) in [6.07, 6.45) is -0.0523. The molecule has 19 heavy (non-hydrogen) atoms. The number of amides is 1. The number of hydrogen-bond donors (Lipinski definition) is 3. The average molecular weight is 279 g/mol. The van der Waals surface area contributed by atoms with E-state index in [-0.39, 0.29) is 17.9 Å². The Labute approximate surface area is 112 Å². The molecule has 2 heterocycles. The van der Waals surface area contributed by atoms with Crippen molar-refractivity contribution in [3.63, 3.8) is 0 Å². The summed E-state index contributed by atoms with van der Waals surface area (Å²) in [4.78, 5) is 40.0. The minimum atomic E-state index is -0.565. The molecule has 3 N–H and O–H groups in total. The van der Waals surface area contributed by atoms with Crippen LogP contribution in [0.2, 0.25) is 0 Å². The van der Waals surface area contributed by atoms with Crippen molar-refractivity contribution in [1.29, 1.82) is 0 Å². The molecule has 7 heteroatoms. The highest BCUT2D eigenvalue weighted by atomic mass is 32.1. The van der Waals surface area contributed by atoms with E-state index in [0.29, 0.717) is 12.2 Å². The van der Waals surface area contributed by atoms with Crippen LogP contribution in [0.4, 0.5) is 0 Å². The molecule has 2 aromatic heterocycles. The molecule has 0 bridgehead atoms. The molecule has 100 valence electrons. The number of thiophene rings is 1. The van der Waals surface area contributed by atoms with Gasteiger partial charge in [0.15, 0.2) is 0 Å². The van der Waals surface area contributed by atoms with Crippen molar-refractivity contribution >= 4 is 17.2 Å². The van der Waals surface area contributed by atoms with Crippen LogP contribution in [0.1, 0.15) is 16.1 Å². The van der Waals surface area contributed by atoms with Crippen LogP contribution in [0, 0.1) is 6.92 Å². The molecule has 0 spiro atoms. The van der Waals surface area contributed by atoms with Gasteiger partial charge in [0, 0.05) is 16.1 Å². The minimum absolute atomic E-state index is 0.0523. The third-order valence-corrected chi connectivity index (χ3v) is 3.51. The standard InChI is InChI=1S/C12H13N3O3S/c1-7-9(11(17)15-12(18)14-7)5-10(16)13-6-8-3-2-4-19-8/h2-4H,5-6H2,1H3,(H,13,16)(H2,14,15,17,18). The third kappa shape index (κ3) is 3.41. The molecule has 0 saturated heterocycles. The van der Waals surface area contributed by atoms with Crippen LogP contribution >= 0.6 is 11.3 Å². The molecule has 0 unspecified atom stereocenters. The molecule has 0 radical (unpaired) electrons. The second kappa shape index (κ2) is 5.66. The summed E-state index contributed by atoms with van der Waals surface area (Å²) in [6, 6.07) is 3.83. The summed E-state index contributed by atoms with van der Waals surface area (Å²) in [5.41, 5.74) is -0.388. The van der Waals surface area contributed by atoms with E-state index in [0.717, 1.165) is 4.88 Å². The Morgan fingerprint density at radius 2 is 2.16 bits per heavy atom. The number of aromatic amines is 2. The first kappa shape index (κ1) is 13.3. The quantitative estimate of drug-likeness (QED) is 0.751. The molecule has 0 aliphatic rings. The van der Waals surface area contributed by atoms with E-state index >= 15 is 0 Å². The highest BCUT2D eigenvalue weighted by Gasteiger charge is 2.11. The third-order valence-electron chi connectivity index (χ3n) is 2.63. The summed E-state index contributed by atoms with van der Waals surface area (Å²) < 4.78 is 0. The van der Waals surface area contributed by atoms with Crippen LogP contribution < -0.4 is 16.6 Å². The van der Waals surface area contributed by atoms with Gasteiger partial charge in [-0.15, -0.1) is 11.3 Å². The first-order chi connectivity index (χ1) is 9.06. The number of aromatic nitrogens is 2. The number of carbonyl (C=O) groups is 1. The number of aryl methyl sites for hydroxylation is 1. The SMILES string of the molecule is Cc1[nH]c(=O)[nH]c(=O)c1CC(=O)NCc1cccs1. The zero-order chi connectivity index (χ0) is 13.8.